The van der Waals surface area contributed by atoms with Crippen LogP contribution in [0.5, 0.6) is 0 Å². The maximum Gasteiger partial charge on any atom is 0.352 e. The van der Waals surface area contributed by atoms with Gasteiger partial charge in [-0.25, -0.2) is 13.9 Å². The van der Waals surface area contributed by atoms with Gasteiger partial charge in [-0.2, -0.15) is 0 Å². The Hall–Kier alpha value is -3.64. The van der Waals surface area contributed by atoms with Crippen molar-refractivity contribution in [2.24, 2.45) is 4.74 Å². The first-order valence-electron chi connectivity index (χ1n) is 12.0. The maximum absolute atomic E-state index is 13.8. The zero-order chi connectivity index (χ0) is 26.5. The fourth-order valence-electron chi connectivity index (χ4n) is 4.30. The third-order valence-corrected chi connectivity index (χ3v) is 10.9. The van der Waals surface area contributed by atoms with Crippen LogP contribution >= 0.6 is 30.6 Å². The van der Waals surface area contributed by atoms with Gasteiger partial charge in [-0.05, 0) is 43.4 Å². The minimum atomic E-state index is -2.72. The lowest BCUT2D eigenvalue weighted by atomic mass is 10.3. The summed E-state index contributed by atoms with van der Waals surface area (Å²) in [5, 5.41) is 3.07. The van der Waals surface area contributed by atoms with Crippen molar-refractivity contribution in [3.8, 4) is 5.69 Å². The molecule has 190 valence electrons. The van der Waals surface area contributed by atoms with Gasteiger partial charge in [0.05, 0.1) is 13.7 Å². The Morgan fingerprint density at radius 3 is 1.76 bits per heavy atom. The standard InChI is InChI=1S/C30H24FN2O2PS2/c1-2-35-29(34)27-28(33(30(37)38-27)23-20-18-22(31)19-21-23)32-36(24-12-6-3-7-13-24,25-14-8-4-9-15-25)26-16-10-5-11-17-26/h3-21H,2H2,1H3. The summed E-state index contributed by atoms with van der Waals surface area (Å²) in [7, 11) is -2.72. The second-order valence-corrected chi connectivity index (χ2v) is 13.0. The molecular formula is C30H24FN2O2PS2. The summed E-state index contributed by atoms with van der Waals surface area (Å²) in [6.45, 7) is 1.98. The van der Waals surface area contributed by atoms with Gasteiger partial charge in [0, 0.05) is 21.6 Å². The number of rotatable bonds is 7. The van der Waals surface area contributed by atoms with Crippen LogP contribution in [0, 0.1) is 9.77 Å². The molecule has 0 aliphatic rings. The van der Waals surface area contributed by atoms with Crippen molar-refractivity contribution in [2.75, 3.05) is 6.61 Å². The highest BCUT2D eigenvalue weighted by molar-refractivity contribution is 7.87. The number of hydrogen-bond donors (Lipinski definition) is 0. The Morgan fingerprint density at radius 1 is 0.842 bits per heavy atom. The smallest absolute Gasteiger partial charge is 0.352 e. The molecule has 1 heterocycles. The molecule has 5 aromatic rings. The van der Waals surface area contributed by atoms with E-state index in [0.29, 0.717) is 20.3 Å². The van der Waals surface area contributed by atoms with Crippen LogP contribution in [-0.4, -0.2) is 17.1 Å². The average molecular weight is 559 g/mol. The number of benzene rings is 4. The van der Waals surface area contributed by atoms with Crippen LogP contribution in [0.4, 0.5) is 10.2 Å². The van der Waals surface area contributed by atoms with Gasteiger partial charge in [0.25, 0.3) is 0 Å². The molecule has 0 N–H and O–H groups in total. The van der Waals surface area contributed by atoms with Crippen molar-refractivity contribution in [1.82, 2.24) is 4.57 Å². The molecule has 0 aliphatic heterocycles. The molecular weight excluding hydrogens is 534 g/mol. The van der Waals surface area contributed by atoms with Gasteiger partial charge in [-0.15, -0.1) is 0 Å². The van der Waals surface area contributed by atoms with E-state index < -0.39 is 13.0 Å². The first kappa shape index (κ1) is 26.0. The van der Waals surface area contributed by atoms with Crippen LogP contribution in [0.1, 0.15) is 16.6 Å². The summed E-state index contributed by atoms with van der Waals surface area (Å²) in [4.78, 5) is 13.5. The third kappa shape index (κ3) is 4.93. The van der Waals surface area contributed by atoms with Gasteiger partial charge >= 0.3 is 5.97 Å². The quantitative estimate of drug-likeness (QED) is 0.119. The van der Waals surface area contributed by atoms with Crippen molar-refractivity contribution in [3.05, 3.63) is 130 Å². The lowest BCUT2D eigenvalue weighted by Crippen LogP contribution is -2.25. The number of hydrogen-bond acceptors (Lipinski definition) is 5. The number of esters is 1. The Morgan fingerprint density at radius 2 is 1.32 bits per heavy atom. The summed E-state index contributed by atoms with van der Waals surface area (Å²) in [5.74, 6) is -0.454. The van der Waals surface area contributed by atoms with Crippen LogP contribution in [0.2, 0.25) is 0 Å². The SMILES string of the molecule is CCOC(=O)c1sc(=S)n(-c2ccc(F)cc2)c1N=P(c1ccccc1)(c1ccccc1)c1ccccc1. The van der Waals surface area contributed by atoms with Crippen LogP contribution in [-0.2, 0) is 4.74 Å². The van der Waals surface area contributed by atoms with E-state index in [1.165, 1.54) is 12.1 Å². The molecule has 4 aromatic carbocycles. The lowest BCUT2D eigenvalue weighted by Gasteiger charge is -2.27. The number of halogens is 1. The van der Waals surface area contributed by atoms with Crippen molar-refractivity contribution in [1.29, 1.82) is 0 Å². The Labute approximate surface area is 230 Å². The minimum Gasteiger partial charge on any atom is -0.462 e. The molecule has 1 aromatic heterocycles. The molecule has 0 saturated carbocycles. The number of carbonyl (C=O) groups is 1. The molecule has 4 nitrogen and oxygen atoms in total. The van der Waals surface area contributed by atoms with E-state index >= 15 is 0 Å². The van der Waals surface area contributed by atoms with Gasteiger partial charge in [-0.3, -0.25) is 4.57 Å². The highest BCUT2D eigenvalue weighted by Gasteiger charge is 2.31. The largest absolute Gasteiger partial charge is 0.462 e. The molecule has 0 fully saturated rings. The van der Waals surface area contributed by atoms with Gasteiger partial charge in [0.15, 0.2) is 14.6 Å². The van der Waals surface area contributed by atoms with Crippen LogP contribution < -0.4 is 15.9 Å². The van der Waals surface area contributed by atoms with E-state index in [1.807, 2.05) is 54.6 Å². The molecule has 38 heavy (non-hydrogen) atoms. The van der Waals surface area contributed by atoms with E-state index in [4.69, 9.17) is 21.7 Å². The van der Waals surface area contributed by atoms with E-state index in [0.717, 1.165) is 27.3 Å². The fraction of sp³-hybridized carbons (Fsp3) is 0.0667. The Balaban J connectivity index is 1.97. The summed E-state index contributed by atoms with van der Waals surface area (Å²) in [6, 6.07) is 36.4. The lowest BCUT2D eigenvalue weighted by molar-refractivity contribution is 0.0532. The molecule has 5 rings (SSSR count). The monoisotopic (exact) mass is 558 g/mol. The van der Waals surface area contributed by atoms with Crippen molar-refractivity contribution in [3.63, 3.8) is 0 Å². The highest BCUT2D eigenvalue weighted by atomic mass is 32.1. The summed E-state index contributed by atoms with van der Waals surface area (Å²) in [6.07, 6.45) is 0. The minimum absolute atomic E-state index is 0.218. The molecule has 0 atom stereocenters. The molecule has 0 spiro atoms. The van der Waals surface area contributed by atoms with Gasteiger partial charge in [-0.1, -0.05) is 102 Å². The van der Waals surface area contributed by atoms with Crippen LogP contribution in [0.3, 0.4) is 0 Å². The number of nitrogens with zero attached hydrogens (tertiary/aromatic N) is 2. The van der Waals surface area contributed by atoms with Crippen molar-refractivity contribution in [2.45, 2.75) is 6.92 Å². The second kappa shape index (κ2) is 11.4. The van der Waals surface area contributed by atoms with E-state index in [1.54, 1.807) is 23.6 Å². The maximum atomic E-state index is 13.8. The van der Waals surface area contributed by atoms with Gasteiger partial charge in [0.1, 0.15) is 5.82 Å². The zero-order valence-corrected chi connectivity index (χ0v) is 23.1. The number of carbonyl (C=O) groups excluding carboxylic acids is 1. The fourth-order valence-corrected chi connectivity index (χ4v) is 9.16. The van der Waals surface area contributed by atoms with Gasteiger partial charge in [0.2, 0.25) is 0 Å². The summed E-state index contributed by atoms with van der Waals surface area (Å²) >= 11 is 6.90. The summed E-state index contributed by atoms with van der Waals surface area (Å²) < 4.78 is 27.0. The van der Waals surface area contributed by atoms with Crippen LogP contribution in [0.15, 0.2) is 120 Å². The number of ether oxygens (including phenoxy) is 1. The Kier molecular flexibility index (Phi) is 7.79. The normalized spacial score (nSPS) is 11.2. The first-order chi connectivity index (χ1) is 18.5. The summed E-state index contributed by atoms with van der Waals surface area (Å²) in [5.41, 5.74) is 0.620. The second-order valence-electron chi connectivity index (χ2n) is 8.30. The van der Waals surface area contributed by atoms with Gasteiger partial charge < -0.3 is 4.74 Å². The molecule has 0 unspecified atom stereocenters. The predicted octanol–water partition coefficient (Wildman–Crippen LogP) is 7.39. The average Bonchev–Trinajstić information content (AvgIpc) is 3.29. The number of thiazole rings is 1. The topological polar surface area (TPSA) is 43.6 Å². The van der Waals surface area contributed by atoms with Crippen molar-refractivity contribution < 1.29 is 13.9 Å². The first-order valence-corrected chi connectivity index (χ1v) is 15.0. The molecule has 0 bridgehead atoms. The third-order valence-electron chi connectivity index (χ3n) is 5.97. The Bertz CT molecular complexity index is 1560. The molecule has 0 radical (unpaired) electrons. The van der Waals surface area contributed by atoms with Crippen molar-refractivity contribution >= 4 is 58.3 Å². The van der Waals surface area contributed by atoms with Crippen LogP contribution in [0.25, 0.3) is 5.69 Å². The van der Waals surface area contributed by atoms with E-state index in [-0.39, 0.29) is 12.4 Å². The molecule has 8 heteroatoms. The molecule has 0 aliphatic carbocycles. The predicted molar refractivity (Wildman–Crippen MR) is 158 cm³/mol. The van der Waals surface area contributed by atoms with E-state index in [9.17, 15) is 9.18 Å². The number of aromatic nitrogens is 1. The highest BCUT2D eigenvalue weighted by Crippen LogP contribution is 2.51. The van der Waals surface area contributed by atoms with E-state index in [2.05, 4.69) is 36.4 Å². The molecule has 0 amide bonds. The zero-order valence-electron chi connectivity index (χ0n) is 20.5. The molecule has 0 saturated heterocycles.